The van der Waals surface area contributed by atoms with Gasteiger partial charge in [0.05, 0.1) is 12.5 Å². The Balaban J connectivity index is 1.43. The van der Waals surface area contributed by atoms with Crippen LogP contribution in [0.1, 0.15) is 24.1 Å². The van der Waals surface area contributed by atoms with Crippen molar-refractivity contribution in [3.8, 4) is 11.5 Å². The van der Waals surface area contributed by atoms with Gasteiger partial charge in [0, 0.05) is 0 Å². The molecule has 0 radical (unpaired) electrons. The fourth-order valence-corrected chi connectivity index (χ4v) is 3.24. The molecular weight excluding hydrogens is 326 g/mol. The van der Waals surface area contributed by atoms with Crippen molar-refractivity contribution in [2.45, 2.75) is 19.4 Å². The molecule has 0 spiro atoms. The Morgan fingerprint density at radius 1 is 0.962 bits per heavy atom. The monoisotopic (exact) mass is 347 g/mol. The number of hydrogen-bond acceptors (Lipinski definition) is 3. The Morgan fingerprint density at radius 2 is 1.73 bits per heavy atom. The molecule has 26 heavy (non-hydrogen) atoms. The summed E-state index contributed by atoms with van der Waals surface area (Å²) in [4.78, 5) is 12.4. The van der Waals surface area contributed by atoms with E-state index in [9.17, 15) is 4.79 Å². The second-order valence-electron chi connectivity index (χ2n) is 6.55. The Labute approximate surface area is 152 Å². The quantitative estimate of drug-likeness (QED) is 0.775. The van der Waals surface area contributed by atoms with Gasteiger partial charge < -0.3 is 14.8 Å². The number of carbonyl (C=O) groups excluding carboxylic acids is 1. The topological polar surface area (TPSA) is 47.6 Å². The van der Waals surface area contributed by atoms with E-state index in [4.69, 9.17) is 9.47 Å². The fourth-order valence-electron chi connectivity index (χ4n) is 3.24. The predicted octanol–water partition coefficient (Wildman–Crippen LogP) is 4.03. The largest absolute Gasteiger partial charge is 0.486 e. The molecule has 4 rings (SSSR count). The summed E-state index contributed by atoms with van der Waals surface area (Å²) in [6.45, 7) is 3.11. The van der Waals surface area contributed by atoms with Gasteiger partial charge in [0.2, 0.25) is 5.91 Å². The van der Waals surface area contributed by atoms with Crippen molar-refractivity contribution < 1.29 is 14.3 Å². The van der Waals surface area contributed by atoms with Gasteiger partial charge in [-0.1, -0.05) is 42.5 Å². The van der Waals surface area contributed by atoms with Gasteiger partial charge in [-0.25, -0.2) is 0 Å². The van der Waals surface area contributed by atoms with Crippen molar-refractivity contribution >= 4 is 16.7 Å². The summed E-state index contributed by atoms with van der Waals surface area (Å²) < 4.78 is 11.1. The number of nitrogens with one attached hydrogen (secondary N) is 1. The third kappa shape index (κ3) is 3.49. The molecule has 4 nitrogen and oxygen atoms in total. The molecule has 0 fully saturated rings. The molecule has 1 aliphatic rings. The number of ether oxygens (including phenoxy) is 2. The number of carbonyl (C=O) groups is 1. The fraction of sp³-hybridized carbons (Fsp3) is 0.227. The van der Waals surface area contributed by atoms with Gasteiger partial charge in [0.25, 0.3) is 0 Å². The van der Waals surface area contributed by atoms with Crippen LogP contribution in [0.3, 0.4) is 0 Å². The smallest absolute Gasteiger partial charge is 0.224 e. The SMILES string of the molecule is CC(NC(=O)Cc1ccc2c(c1)OCCO2)c1ccc2ccccc2c1. The van der Waals surface area contributed by atoms with Crippen molar-refractivity contribution in [3.63, 3.8) is 0 Å². The molecule has 0 aliphatic carbocycles. The van der Waals surface area contributed by atoms with Gasteiger partial charge in [-0.15, -0.1) is 0 Å². The van der Waals surface area contributed by atoms with Crippen LogP contribution in [-0.2, 0) is 11.2 Å². The van der Waals surface area contributed by atoms with Gasteiger partial charge in [-0.05, 0) is 47.0 Å². The van der Waals surface area contributed by atoms with Crippen LogP contribution < -0.4 is 14.8 Å². The standard InChI is InChI=1S/C22H21NO3/c1-15(18-8-7-17-4-2-3-5-19(17)14-18)23-22(24)13-16-6-9-20-21(12-16)26-11-10-25-20/h2-9,12,14-15H,10-11,13H2,1H3,(H,23,24). The summed E-state index contributed by atoms with van der Waals surface area (Å²) in [5.74, 6) is 1.44. The first-order valence-electron chi connectivity index (χ1n) is 8.85. The molecule has 1 heterocycles. The zero-order valence-electron chi connectivity index (χ0n) is 14.7. The molecule has 1 N–H and O–H groups in total. The zero-order chi connectivity index (χ0) is 17.9. The zero-order valence-corrected chi connectivity index (χ0v) is 14.7. The molecule has 0 bridgehead atoms. The summed E-state index contributed by atoms with van der Waals surface area (Å²) in [6.07, 6.45) is 0.314. The molecule has 1 atom stereocenters. The molecule has 0 aromatic heterocycles. The maximum Gasteiger partial charge on any atom is 0.224 e. The number of fused-ring (bicyclic) bond motifs is 2. The van der Waals surface area contributed by atoms with Crippen LogP contribution in [0.5, 0.6) is 11.5 Å². The van der Waals surface area contributed by atoms with Crippen LogP contribution in [0.2, 0.25) is 0 Å². The van der Waals surface area contributed by atoms with Crippen molar-refractivity contribution in [1.82, 2.24) is 5.32 Å². The van der Waals surface area contributed by atoms with Crippen molar-refractivity contribution in [3.05, 3.63) is 71.8 Å². The molecule has 0 saturated carbocycles. The molecule has 1 aliphatic heterocycles. The van der Waals surface area contributed by atoms with Crippen LogP contribution in [0.15, 0.2) is 60.7 Å². The highest BCUT2D eigenvalue weighted by Gasteiger charge is 2.15. The summed E-state index contributed by atoms with van der Waals surface area (Å²) in [5.41, 5.74) is 2.01. The average molecular weight is 347 g/mol. The van der Waals surface area contributed by atoms with Gasteiger partial charge in [-0.2, -0.15) is 0 Å². The van der Waals surface area contributed by atoms with E-state index in [1.807, 2.05) is 37.3 Å². The van der Waals surface area contributed by atoms with Crippen LogP contribution >= 0.6 is 0 Å². The first-order valence-corrected chi connectivity index (χ1v) is 8.85. The van der Waals surface area contributed by atoms with E-state index >= 15 is 0 Å². The third-order valence-electron chi connectivity index (χ3n) is 4.62. The van der Waals surface area contributed by atoms with Crippen LogP contribution in [0.25, 0.3) is 10.8 Å². The first kappa shape index (κ1) is 16.5. The summed E-state index contributed by atoms with van der Waals surface area (Å²) >= 11 is 0. The lowest BCUT2D eigenvalue weighted by Crippen LogP contribution is -2.28. The van der Waals surface area contributed by atoms with E-state index in [0.717, 1.165) is 16.9 Å². The first-order chi connectivity index (χ1) is 12.7. The maximum absolute atomic E-state index is 12.4. The minimum Gasteiger partial charge on any atom is -0.486 e. The lowest BCUT2D eigenvalue weighted by molar-refractivity contribution is -0.121. The number of benzene rings is 3. The normalized spacial score (nSPS) is 14.0. The van der Waals surface area contributed by atoms with Crippen LogP contribution in [-0.4, -0.2) is 19.1 Å². The lowest BCUT2D eigenvalue weighted by atomic mass is 10.0. The molecule has 3 aromatic rings. The van der Waals surface area contributed by atoms with E-state index in [1.165, 1.54) is 10.8 Å². The second-order valence-corrected chi connectivity index (χ2v) is 6.55. The summed E-state index contributed by atoms with van der Waals surface area (Å²) in [5, 5.41) is 5.46. The highest BCUT2D eigenvalue weighted by Crippen LogP contribution is 2.31. The maximum atomic E-state index is 12.4. The molecule has 132 valence electrons. The Hall–Kier alpha value is -3.01. The van der Waals surface area contributed by atoms with E-state index in [1.54, 1.807) is 0 Å². The predicted molar refractivity (Wildman–Crippen MR) is 102 cm³/mol. The van der Waals surface area contributed by atoms with Crippen LogP contribution in [0, 0.1) is 0 Å². The van der Waals surface area contributed by atoms with E-state index in [0.29, 0.717) is 25.4 Å². The van der Waals surface area contributed by atoms with Gasteiger partial charge in [0.15, 0.2) is 11.5 Å². The minimum absolute atomic E-state index is 0.0117. The Morgan fingerprint density at radius 3 is 2.58 bits per heavy atom. The Bertz CT molecular complexity index is 951. The lowest BCUT2D eigenvalue weighted by Gasteiger charge is -2.19. The molecule has 1 amide bonds. The molecular formula is C22H21NO3. The van der Waals surface area contributed by atoms with E-state index < -0.39 is 0 Å². The number of hydrogen-bond donors (Lipinski definition) is 1. The van der Waals surface area contributed by atoms with Crippen molar-refractivity contribution in [2.24, 2.45) is 0 Å². The molecule has 4 heteroatoms. The number of rotatable bonds is 4. The number of amides is 1. The highest BCUT2D eigenvalue weighted by molar-refractivity contribution is 5.83. The van der Waals surface area contributed by atoms with Crippen molar-refractivity contribution in [1.29, 1.82) is 0 Å². The third-order valence-corrected chi connectivity index (χ3v) is 4.62. The van der Waals surface area contributed by atoms with Gasteiger partial charge >= 0.3 is 0 Å². The summed E-state index contributed by atoms with van der Waals surface area (Å²) in [6, 6.07) is 20.1. The van der Waals surface area contributed by atoms with E-state index in [-0.39, 0.29) is 11.9 Å². The summed E-state index contributed by atoms with van der Waals surface area (Å²) in [7, 11) is 0. The van der Waals surface area contributed by atoms with Gasteiger partial charge in [0.1, 0.15) is 13.2 Å². The van der Waals surface area contributed by atoms with Crippen LogP contribution in [0.4, 0.5) is 0 Å². The molecule has 1 unspecified atom stereocenters. The Kier molecular flexibility index (Phi) is 4.48. The second kappa shape index (κ2) is 7.08. The molecule has 3 aromatic carbocycles. The van der Waals surface area contributed by atoms with Crippen molar-refractivity contribution in [2.75, 3.05) is 13.2 Å². The highest BCUT2D eigenvalue weighted by atomic mass is 16.6. The molecule has 0 saturated heterocycles. The van der Waals surface area contributed by atoms with Gasteiger partial charge in [-0.3, -0.25) is 4.79 Å². The minimum atomic E-state index is -0.0516. The average Bonchev–Trinajstić information content (AvgIpc) is 2.67. The van der Waals surface area contributed by atoms with E-state index in [2.05, 4.69) is 35.6 Å².